The first-order valence-electron chi connectivity index (χ1n) is 13.0. The van der Waals surface area contributed by atoms with Gasteiger partial charge >= 0.3 is 6.09 Å². The third kappa shape index (κ3) is 4.27. The van der Waals surface area contributed by atoms with Crippen LogP contribution in [0.2, 0.25) is 0 Å². The van der Waals surface area contributed by atoms with Crippen molar-refractivity contribution >= 4 is 17.4 Å². The highest BCUT2D eigenvalue weighted by molar-refractivity contribution is 5.70. The molecule has 10 heteroatoms. The Bertz CT molecular complexity index is 1630. The Labute approximate surface area is 220 Å². The number of imidazole rings is 1. The van der Waals surface area contributed by atoms with Crippen molar-refractivity contribution in [1.82, 2.24) is 28.9 Å². The van der Waals surface area contributed by atoms with Crippen molar-refractivity contribution in [1.29, 1.82) is 0 Å². The molecule has 2 aliphatic rings. The van der Waals surface area contributed by atoms with E-state index in [1.807, 2.05) is 57.1 Å². The molecule has 4 aromatic rings. The van der Waals surface area contributed by atoms with E-state index in [0.717, 1.165) is 36.9 Å². The highest BCUT2D eigenvalue weighted by Crippen LogP contribution is 2.52. The Kier molecular flexibility index (Phi) is 5.48. The first-order valence-corrected chi connectivity index (χ1v) is 13.0. The Morgan fingerprint density at radius 3 is 2.61 bits per heavy atom. The summed E-state index contributed by atoms with van der Waals surface area (Å²) in [6, 6.07) is 7.19. The molecule has 1 saturated carbocycles. The van der Waals surface area contributed by atoms with Crippen LogP contribution < -0.4 is 10.3 Å². The second-order valence-corrected chi connectivity index (χ2v) is 11.5. The van der Waals surface area contributed by atoms with Crippen molar-refractivity contribution in [2.45, 2.75) is 70.4 Å². The average molecular weight is 517 g/mol. The largest absolute Gasteiger partial charge is 0.493 e. The summed E-state index contributed by atoms with van der Waals surface area (Å²) < 4.78 is 14.4. The molecule has 38 heavy (non-hydrogen) atoms. The number of likely N-dealkylation sites (tertiary alicyclic amines) is 1. The van der Waals surface area contributed by atoms with Crippen LogP contribution in [0.3, 0.4) is 0 Å². The summed E-state index contributed by atoms with van der Waals surface area (Å²) >= 11 is 0. The molecule has 2 fully saturated rings. The molecule has 1 spiro atoms. The van der Waals surface area contributed by atoms with Gasteiger partial charge in [-0.05, 0) is 70.9 Å². The van der Waals surface area contributed by atoms with E-state index in [0.29, 0.717) is 35.0 Å². The zero-order chi connectivity index (χ0) is 26.8. The molecule has 5 heterocycles. The Hall–Kier alpha value is -3.95. The van der Waals surface area contributed by atoms with Gasteiger partial charge in [0.1, 0.15) is 16.9 Å². The number of nitrogens with zero attached hydrogens (tertiary/aromatic N) is 6. The maximum Gasteiger partial charge on any atom is 0.410 e. The lowest BCUT2D eigenvalue weighted by molar-refractivity contribution is 0.00371. The minimum Gasteiger partial charge on any atom is -0.493 e. The summed E-state index contributed by atoms with van der Waals surface area (Å²) in [7, 11) is 1.58. The van der Waals surface area contributed by atoms with E-state index in [1.54, 1.807) is 22.1 Å². The molecule has 1 atom stereocenters. The lowest BCUT2D eigenvalue weighted by Crippen LogP contribution is -2.49. The van der Waals surface area contributed by atoms with Gasteiger partial charge < -0.3 is 14.4 Å². The number of piperidine rings is 1. The topological polar surface area (TPSA) is 103 Å². The van der Waals surface area contributed by atoms with E-state index < -0.39 is 5.60 Å². The van der Waals surface area contributed by atoms with Gasteiger partial charge in [0.2, 0.25) is 0 Å². The summed E-state index contributed by atoms with van der Waals surface area (Å²) in [5.41, 5.74) is 3.23. The average Bonchev–Trinajstić information content (AvgIpc) is 3.50. The fraction of sp³-hybridized carbons (Fsp3) is 0.464. The van der Waals surface area contributed by atoms with Crippen molar-refractivity contribution in [3.63, 3.8) is 0 Å². The quantitative estimate of drug-likeness (QED) is 0.398. The lowest BCUT2D eigenvalue weighted by atomic mass is 9.84. The van der Waals surface area contributed by atoms with Crippen LogP contribution in [0, 0.1) is 6.92 Å². The molecule has 1 aliphatic carbocycles. The van der Waals surface area contributed by atoms with Crippen LogP contribution in [-0.4, -0.2) is 59.8 Å². The fourth-order valence-corrected chi connectivity index (χ4v) is 5.53. The van der Waals surface area contributed by atoms with Crippen LogP contribution >= 0.6 is 0 Å². The number of carbonyl (C=O) groups excluding carboxylic acids is 1. The second-order valence-electron chi connectivity index (χ2n) is 11.5. The second kappa shape index (κ2) is 8.54. The number of hydrogen-bond acceptors (Lipinski definition) is 7. The van der Waals surface area contributed by atoms with Crippen LogP contribution in [0.4, 0.5) is 4.79 Å². The molecule has 10 nitrogen and oxygen atoms in total. The lowest BCUT2D eigenvalue weighted by Gasteiger charge is -2.40. The highest BCUT2D eigenvalue weighted by atomic mass is 16.6. The van der Waals surface area contributed by atoms with Gasteiger partial charge in [-0.1, -0.05) is 6.07 Å². The monoisotopic (exact) mass is 516 g/mol. The van der Waals surface area contributed by atoms with Crippen molar-refractivity contribution in [2.75, 3.05) is 13.7 Å². The summed E-state index contributed by atoms with van der Waals surface area (Å²) in [5.74, 6) is 0.817. The number of pyridine rings is 1. The Balaban J connectivity index is 1.29. The molecule has 0 bridgehead atoms. The minimum absolute atomic E-state index is 0.137. The SMILES string of the molecule is COc1cc(-c2cc(=O)n3cc([C@@H]4CCN(C(=O)OC(C)(C)C)C5(CC5)C4)ccc3n2)nn2cc(C)nc12. The third-order valence-corrected chi connectivity index (χ3v) is 7.49. The van der Waals surface area contributed by atoms with Crippen LogP contribution in [-0.2, 0) is 4.74 Å². The molecule has 0 N–H and O–H groups in total. The van der Waals surface area contributed by atoms with Crippen LogP contribution in [0.1, 0.15) is 63.6 Å². The summed E-state index contributed by atoms with van der Waals surface area (Å²) in [5, 5.41) is 4.60. The van der Waals surface area contributed by atoms with Gasteiger partial charge in [-0.15, -0.1) is 0 Å². The predicted molar refractivity (Wildman–Crippen MR) is 142 cm³/mol. The molecule has 198 valence electrons. The Morgan fingerprint density at radius 2 is 1.89 bits per heavy atom. The number of rotatable bonds is 3. The maximum absolute atomic E-state index is 13.2. The van der Waals surface area contributed by atoms with Gasteiger partial charge in [0, 0.05) is 30.4 Å². The molecule has 0 unspecified atom stereocenters. The molecular weight excluding hydrogens is 484 g/mol. The van der Waals surface area contributed by atoms with Crippen LogP contribution in [0.25, 0.3) is 22.7 Å². The molecule has 1 saturated heterocycles. The van der Waals surface area contributed by atoms with E-state index in [2.05, 4.69) is 10.1 Å². The van der Waals surface area contributed by atoms with Crippen molar-refractivity contribution in [3.8, 4) is 17.1 Å². The van der Waals surface area contributed by atoms with Crippen molar-refractivity contribution < 1.29 is 14.3 Å². The van der Waals surface area contributed by atoms with Gasteiger partial charge in [-0.25, -0.2) is 19.3 Å². The number of hydrogen-bond donors (Lipinski definition) is 0. The summed E-state index contributed by atoms with van der Waals surface area (Å²) in [6.07, 6.45) is 7.13. The van der Waals surface area contributed by atoms with Crippen LogP contribution in [0.5, 0.6) is 5.75 Å². The molecule has 1 aliphatic heterocycles. The molecule has 6 rings (SSSR count). The normalized spacial score (nSPS) is 18.8. The minimum atomic E-state index is -0.514. The van der Waals surface area contributed by atoms with Gasteiger partial charge in [0.05, 0.1) is 24.7 Å². The first-order chi connectivity index (χ1) is 18.0. The maximum atomic E-state index is 13.2. The van der Waals surface area contributed by atoms with Gasteiger partial charge in [-0.2, -0.15) is 5.10 Å². The number of aryl methyl sites for hydroxylation is 1. The zero-order valence-corrected chi connectivity index (χ0v) is 22.4. The highest BCUT2D eigenvalue weighted by Gasteiger charge is 2.54. The molecule has 4 aromatic heterocycles. The summed E-state index contributed by atoms with van der Waals surface area (Å²) in [4.78, 5) is 37.2. The van der Waals surface area contributed by atoms with Gasteiger partial charge in [0.25, 0.3) is 5.56 Å². The Morgan fingerprint density at radius 1 is 1.11 bits per heavy atom. The fourth-order valence-electron chi connectivity index (χ4n) is 5.53. The summed E-state index contributed by atoms with van der Waals surface area (Å²) in [6.45, 7) is 8.22. The van der Waals surface area contributed by atoms with Gasteiger partial charge in [0.15, 0.2) is 11.4 Å². The molecule has 0 aromatic carbocycles. The zero-order valence-electron chi connectivity index (χ0n) is 22.4. The van der Waals surface area contributed by atoms with E-state index >= 15 is 0 Å². The van der Waals surface area contributed by atoms with Crippen molar-refractivity contribution in [2.24, 2.45) is 0 Å². The molecule has 1 amide bonds. The number of fused-ring (bicyclic) bond motifs is 2. The molecule has 0 radical (unpaired) electrons. The number of ether oxygens (including phenoxy) is 2. The van der Waals surface area contributed by atoms with E-state index in [-0.39, 0.29) is 23.1 Å². The standard InChI is InChI=1S/C28H32N6O4/c1-17-15-34-25(29-17)22(37-5)12-21(31-34)20-13-24(35)32-16-19(6-7-23(32)30-20)18-8-11-33(28(14-18)9-10-28)26(36)38-27(2,3)4/h6-7,12-13,15-16,18H,8-11,14H2,1-5H3/t18-/m1/s1. The van der Waals surface area contributed by atoms with E-state index in [4.69, 9.17) is 14.5 Å². The third-order valence-electron chi connectivity index (χ3n) is 7.49. The number of amides is 1. The predicted octanol–water partition coefficient (Wildman–Crippen LogP) is 4.37. The van der Waals surface area contributed by atoms with E-state index in [9.17, 15) is 9.59 Å². The van der Waals surface area contributed by atoms with Crippen LogP contribution in [0.15, 0.2) is 41.5 Å². The number of carbonyl (C=O) groups is 1. The van der Waals surface area contributed by atoms with Gasteiger partial charge in [-0.3, -0.25) is 9.20 Å². The molecular formula is C28H32N6O4. The number of aromatic nitrogens is 5. The smallest absolute Gasteiger partial charge is 0.410 e. The first kappa shape index (κ1) is 24.4. The van der Waals surface area contributed by atoms with E-state index in [1.165, 1.54) is 6.07 Å². The number of methoxy groups -OCH3 is 1. The van der Waals surface area contributed by atoms with Crippen molar-refractivity contribution in [3.05, 3.63) is 58.3 Å².